The minimum atomic E-state index is -0.579. The molecule has 1 aromatic carbocycles. The number of amides is 3. The van der Waals surface area contributed by atoms with Crippen LogP contribution in [-0.2, 0) is 6.54 Å². The van der Waals surface area contributed by atoms with E-state index in [1.54, 1.807) is 24.3 Å². The number of carbonyl (C=O) groups is 2. The van der Waals surface area contributed by atoms with Gasteiger partial charge in [-0.1, -0.05) is 12.1 Å². The van der Waals surface area contributed by atoms with Gasteiger partial charge in [-0.25, -0.2) is 4.79 Å². The van der Waals surface area contributed by atoms with E-state index in [0.29, 0.717) is 17.9 Å². The lowest BCUT2D eigenvalue weighted by Gasteiger charge is -2.12. The molecular weight excluding hydrogens is 282 g/mol. The number of urea groups is 1. The number of benzene rings is 1. The zero-order chi connectivity index (χ0) is 16.1. The van der Waals surface area contributed by atoms with Crippen LogP contribution in [0.25, 0.3) is 0 Å². The SMILES string of the molecule is Cc1ccc([C@@H](C)NC(=O)c2ccc(CNC(N)=O)cc2)o1. The summed E-state index contributed by atoms with van der Waals surface area (Å²) in [7, 11) is 0. The van der Waals surface area contributed by atoms with Gasteiger partial charge in [-0.15, -0.1) is 0 Å². The molecule has 6 heteroatoms. The number of rotatable bonds is 5. The molecular formula is C16H19N3O3. The molecule has 0 aliphatic carbocycles. The van der Waals surface area contributed by atoms with Crippen molar-refractivity contribution < 1.29 is 14.0 Å². The standard InChI is InChI=1S/C16H19N3O3/c1-10-3-8-14(22-10)11(2)19-15(20)13-6-4-12(5-7-13)9-18-16(17)21/h3-8,11H,9H2,1-2H3,(H,19,20)(H3,17,18,21)/t11-/m1/s1. The quantitative estimate of drug-likeness (QED) is 0.790. The number of hydrogen-bond acceptors (Lipinski definition) is 3. The van der Waals surface area contributed by atoms with E-state index in [-0.39, 0.29) is 11.9 Å². The molecule has 0 aliphatic rings. The molecule has 1 aromatic heterocycles. The first-order valence-electron chi connectivity index (χ1n) is 6.95. The maximum absolute atomic E-state index is 12.2. The Bertz CT molecular complexity index is 662. The Hall–Kier alpha value is -2.76. The van der Waals surface area contributed by atoms with Crippen molar-refractivity contribution in [2.45, 2.75) is 26.4 Å². The molecule has 0 saturated carbocycles. The number of nitrogens with two attached hydrogens (primary N) is 1. The Morgan fingerprint density at radius 1 is 1.18 bits per heavy atom. The molecule has 1 heterocycles. The Morgan fingerprint density at radius 3 is 2.41 bits per heavy atom. The highest BCUT2D eigenvalue weighted by Gasteiger charge is 2.14. The fraction of sp³-hybridized carbons (Fsp3) is 0.250. The molecule has 6 nitrogen and oxygen atoms in total. The van der Waals surface area contributed by atoms with E-state index in [0.717, 1.165) is 11.3 Å². The molecule has 4 N–H and O–H groups in total. The lowest BCUT2D eigenvalue weighted by molar-refractivity contribution is 0.0935. The molecule has 116 valence electrons. The van der Waals surface area contributed by atoms with Gasteiger partial charge in [0.2, 0.25) is 0 Å². The predicted octanol–water partition coefficient (Wildman–Crippen LogP) is 2.25. The fourth-order valence-electron chi connectivity index (χ4n) is 2.00. The molecule has 0 spiro atoms. The van der Waals surface area contributed by atoms with Crippen molar-refractivity contribution in [1.82, 2.24) is 10.6 Å². The highest BCUT2D eigenvalue weighted by Crippen LogP contribution is 2.16. The van der Waals surface area contributed by atoms with Crippen LogP contribution < -0.4 is 16.4 Å². The van der Waals surface area contributed by atoms with Gasteiger partial charge in [0.1, 0.15) is 11.5 Å². The van der Waals surface area contributed by atoms with Crippen molar-refractivity contribution in [3.05, 3.63) is 59.0 Å². The van der Waals surface area contributed by atoms with Gasteiger partial charge in [0.05, 0.1) is 6.04 Å². The Kier molecular flexibility index (Phi) is 4.83. The van der Waals surface area contributed by atoms with Gasteiger partial charge in [-0.05, 0) is 43.7 Å². The van der Waals surface area contributed by atoms with E-state index in [9.17, 15) is 9.59 Å². The van der Waals surface area contributed by atoms with Gasteiger partial charge in [-0.3, -0.25) is 4.79 Å². The first-order chi connectivity index (χ1) is 10.5. The molecule has 0 unspecified atom stereocenters. The third-order valence-electron chi connectivity index (χ3n) is 3.22. The number of carbonyl (C=O) groups excluding carboxylic acids is 2. The summed E-state index contributed by atoms with van der Waals surface area (Å²) < 4.78 is 5.49. The first-order valence-corrected chi connectivity index (χ1v) is 6.95. The molecule has 0 fully saturated rings. The van der Waals surface area contributed by atoms with E-state index in [1.165, 1.54) is 0 Å². The molecule has 0 saturated heterocycles. The van der Waals surface area contributed by atoms with Crippen molar-refractivity contribution >= 4 is 11.9 Å². The van der Waals surface area contributed by atoms with E-state index >= 15 is 0 Å². The third kappa shape index (κ3) is 4.12. The van der Waals surface area contributed by atoms with Crippen LogP contribution in [0.15, 0.2) is 40.8 Å². The summed E-state index contributed by atoms with van der Waals surface area (Å²) in [6.07, 6.45) is 0. The first kappa shape index (κ1) is 15.6. The molecule has 2 aromatic rings. The summed E-state index contributed by atoms with van der Waals surface area (Å²) in [5.74, 6) is 1.34. The number of furan rings is 1. The maximum atomic E-state index is 12.2. The summed E-state index contributed by atoms with van der Waals surface area (Å²) in [5.41, 5.74) is 6.41. The molecule has 0 aliphatic heterocycles. The van der Waals surface area contributed by atoms with E-state index < -0.39 is 6.03 Å². The zero-order valence-electron chi connectivity index (χ0n) is 12.6. The number of nitrogens with one attached hydrogen (secondary N) is 2. The van der Waals surface area contributed by atoms with Crippen molar-refractivity contribution in [3.8, 4) is 0 Å². The van der Waals surface area contributed by atoms with Gasteiger partial charge >= 0.3 is 6.03 Å². The fourth-order valence-corrected chi connectivity index (χ4v) is 2.00. The van der Waals surface area contributed by atoms with Gasteiger partial charge in [-0.2, -0.15) is 0 Å². The Morgan fingerprint density at radius 2 is 1.86 bits per heavy atom. The van der Waals surface area contributed by atoms with Crippen molar-refractivity contribution in [2.24, 2.45) is 5.73 Å². The van der Waals surface area contributed by atoms with Crippen LogP contribution in [0.5, 0.6) is 0 Å². The summed E-state index contributed by atoms with van der Waals surface area (Å²) in [5, 5.41) is 5.37. The molecule has 0 bridgehead atoms. The minimum Gasteiger partial charge on any atom is -0.464 e. The summed E-state index contributed by atoms with van der Waals surface area (Å²) in [4.78, 5) is 22.8. The summed E-state index contributed by atoms with van der Waals surface area (Å²) >= 11 is 0. The van der Waals surface area contributed by atoms with E-state index in [2.05, 4.69) is 10.6 Å². The van der Waals surface area contributed by atoms with Crippen molar-refractivity contribution in [2.75, 3.05) is 0 Å². The van der Waals surface area contributed by atoms with Crippen LogP contribution in [-0.4, -0.2) is 11.9 Å². The van der Waals surface area contributed by atoms with Crippen molar-refractivity contribution in [1.29, 1.82) is 0 Å². The zero-order valence-corrected chi connectivity index (χ0v) is 12.6. The van der Waals surface area contributed by atoms with Crippen LogP contribution in [0.4, 0.5) is 4.79 Å². The second-order valence-corrected chi connectivity index (χ2v) is 5.06. The second kappa shape index (κ2) is 6.80. The van der Waals surface area contributed by atoms with Crippen LogP contribution in [0.2, 0.25) is 0 Å². The molecule has 22 heavy (non-hydrogen) atoms. The molecule has 3 amide bonds. The average molecular weight is 301 g/mol. The van der Waals surface area contributed by atoms with Crippen LogP contribution >= 0.6 is 0 Å². The van der Waals surface area contributed by atoms with E-state index in [1.807, 2.05) is 26.0 Å². The largest absolute Gasteiger partial charge is 0.464 e. The van der Waals surface area contributed by atoms with E-state index in [4.69, 9.17) is 10.2 Å². The van der Waals surface area contributed by atoms with Gasteiger partial charge in [0, 0.05) is 12.1 Å². The molecule has 1 atom stereocenters. The minimum absolute atomic E-state index is 0.184. The highest BCUT2D eigenvalue weighted by atomic mass is 16.3. The third-order valence-corrected chi connectivity index (χ3v) is 3.22. The van der Waals surface area contributed by atoms with Crippen molar-refractivity contribution in [3.63, 3.8) is 0 Å². The topological polar surface area (TPSA) is 97.4 Å². The van der Waals surface area contributed by atoms with Gasteiger partial charge in [0.25, 0.3) is 5.91 Å². The normalized spacial score (nSPS) is 11.7. The van der Waals surface area contributed by atoms with Gasteiger partial charge < -0.3 is 20.8 Å². The molecule has 2 rings (SSSR count). The lowest BCUT2D eigenvalue weighted by Crippen LogP contribution is -2.28. The second-order valence-electron chi connectivity index (χ2n) is 5.06. The Balaban J connectivity index is 1.96. The van der Waals surface area contributed by atoms with Crippen LogP contribution in [0.1, 0.15) is 40.4 Å². The molecule has 0 radical (unpaired) electrons. The number of primary amides is 1. The maximum Gasteiger partial charge on any atom is 0.312 e. The Labute approximate surface area is 128 Å². The average Bonchev–Trinajstić information content (AvgIpc) is 2.92. The van der Waals surface area contributed by atoms with Crippen LogP contribution in [0, 0.1) is 6.92 Å². The summed E-state index contributed by atoms with van der Waals surface area (Å²) in [6, 6.07) is 9.86. The lowest BCUT2D eigenvalue weighted by atomic mass is 10.1. The van der Waals surface area contributed by atoms with Gasteiger partial charge in [0.15, 0.2) is 0 Å². The van der Waals surface area contributed by atoms with Crippen LogP contribution in [0.3, 0.4) is 0 Å². The highest BCUT2D eigenvalue weighted by molar-refractivity contribution is 5.94. The number of hydrogen-bond donors (Lipinski definition) is 3. The number of aryl methyl sites for hydroxylation is 1. The smallest absolute Gasteiger partial charge is 0.312 e. The monoisotopic (exact) mass is 301 g/mol. The predicted molar refractivity (Wildman–Crippen MR) is 82.2 cm³/mol. The summed E-state index contributed by atoms with van der Waals surface area (Å²) in [6.45, 7) is 4.05.